The Balaban J connectivity index is 3.94. The average molecular weight is 256 g/mol. The quantitative estimate of drug-likeness (QED) is 0.561. The van der Waals surface area contributed by atoms with Crippen LogP contribution in [0.3, 0.4) is 0 Å². The second-order valence-electron chi connectivity index (χ2n) is 2.62. The van der Waals surface area contributed by atoms with Crippen LogP contribution in [0.5, 0.6) is 0 Å². The predicted octanol–water partition coefficient (Wildman–Crippen LogP) is 0.259. The minimum absolute atomic E-state index is 0.134. The number of alkyl halides is 1. The standard InChI is InChI=1S/C6H13IN2O/c1-3(2)4(7)5(8)6(9)10/h3-5H,8H2,1-2H3,(H2,9,10)/t4?,5-/m0/s1. The summed E-state index contributed by atoms with van der Waals surface area (Å²) in [5.41, 5.74) is 10.5. The zero-order valence-electron chi connectivity index (χ0n) is 6.17. The van der Waals surface area contributed by atoms with E-state index in [1.807, 2.05) is 13.8 Å². The van der Waals surface area contributed by atoms with E-state index in [-0.39, 0.29) is 3.92 Å². The van der Waals surface area contributed by atoms with Gasteiger partial charge in [-0.25, -0.2) is 0 Å². The predicted molar refractivity (Wildman–Crippen MR) is 49.8 cm³/mol. The summed E-state index contributed by atoms with van der Waals surface area (Å²) in [6.07, 6.45) is 0. The Kier molecular flexibility index (Phi) is 4.19. The van der Waals surface area contributed by atoms with E-state index in [9.17, 15) is 4.79 Å². The molecule has 10 heavy (non-hydrogen) atoms. The average Bonchev–Trinajstić information content (AvgIpc) is 1.84. The molecule has 0 radical (unpaired) electrons. The molecule has 4 heteroatoms. The molecule has 2 atom stereocenters. The highest BCUT2D eigenvalue weighted by molar-refractivity contribution is 14.1. The van der Waals surface area contributed by atoms with Gasteiger partial charge in [0, 0.05) is 3.92 Å². The molecular formula is C6H13IN2O. The normalized spacial score (nSPS) is 16.9. The summed E-state index contributed by atoms with van der Waals surface area (Å²) < 4.78 is 0.134. The van der Waals surface area contributed by atoms with Crippen LogP contribution in [0.4, 0.5) is 0 Å². The highest BCUT2D eigenvalue weighted by Gasteiger charge is 2.21. The van der Waals surface area contributed by atoms with Gasteiger partial charge in [-0.1, -0.05) is 36.4 Å². The van der Waals surface area contributed by atoms with Gasteiger partial charge in [0.1, 0.15) is 0 Å². The van der Waals surface area contributed by atoms with Crippen molar-refractivity contribution in [1.82, 2.24) is 0 Å². The summed E-state index contributed by atoms with van der Waals surface area (Å²) in [5, 5.41) is 0. The fourth-order valence-electron chi connectivity index (χ4n) is 0.572. The molecule has 4 N–H and O–H groups in total. The van der Waals surface area contributed by atoms with Crippen molar-refractivity contribution in [3.8, 4) is 0 Å². The number of hydrogen-bond acceptors (Lipinski definition) is 2. The molecule has 1 unspecified atom stereocenters. The van der Waals surface area contributed by atoms with Crippen LogP contribution in [-0.4, -0.2) is 15.9 Å². The van der Waals surface area contributed by atoms with Gasteiger partial charge in [-0.3, -0.25) is 4.79 Å². The minimum atomic E-state index is -0.513. The summed E-state index contributed by atoms with van der Waals surface area (Å²) in [7, 11) is 0. The summed E-state index contributed by atoms with van der Waals surface area (Å²) in [5.74, 6) is -0.0313. The van der Waals surface area contributed by atoms with Gasteiger partial charge in [-0.2, -0.15) is 0 Å². The van der Waals surface area contributed by atoms with Crippen LogP contribution in [-0.2, 0) is 4.79 Å². The van der Waals surface area contributed by atoms with E-state index in [2.05, 4.69) is 22.6 Å². The van der Waals surface area contributed by atoms with Crippen LogP contribution in [0.1, 0.15) is 13.8 Å². The lowest BCUT2D eigenvalue weighted by molar-refractivity contribution is -0.119. The molecule has 0 saturated heterocycles. The van der Waals surface area contributed by atoms with E-state index >= 15 is 0 Å². The molecule has 0 aromatic rings. The molecule has 0 aliphatic rings. The van der Waals surface area contributed by atoms with Crippen LogP contribution in [0.15, 0.2) is 0 Å². The lowest BCUT2D eigenvalue weighted by atomic mass is 10.0. The van der Waals surface area contributed by atoms with Crippen molar-refractivity contribution < 1.29 is 4.79 Å². The molecule has 0 heterocycles. The van der Waals surface area contributed by atoms with Crippen molar-refractivity contribution in [2.45, 2.75) is 23.8 Å². The molecule has 3 nitrogen and oxygen atoms in total. The first-order valence-electron chi connectivity index (χ1n) is 3.15. The van der Waals surface area contributed by atoms with Gasteiger partial charge in [-0.05, 0) is 5.92 Å². The lowest BCUT2D eigenvalue weighted by Gasteiger charge is -2.18. The molecule has 60 valence electrons. The van der Waals surface area contributed by atoms with Gasteiger partial charge in [0.25, 0.3) is 0 Å². The first-order valence-corrected chi connectivity index (χ1v) is 4.40. The van der Waals surface area contributed by atoms with E-state index in [0.717, 1.165) is 0 Å². The van der Waals surface area contributed by atoms with Gasteiger partial charge in [0.15, 0.2) is 0 Å². The van der Waals surface area contributed by atoms with Gasteiger partial charge in [0.05, 0.1) is 6.04 Å². The molecule has 0 spiro atoms. The van der Waals surface area contributed by atoms with E-state index in [1.54, 1.807) is 0 Å². The Morgan fingerprint density at radius 3 is 2.00 bits per heavy atom. The molecule has 0 aromatic carbocycles. The highest BCUT2D eigenvalue weighted by Crippen LogP contribution is 2.14. The lowest BCUT2D eigenvalue weighted by Crippen LogP contribution is -2.45. The molecule has 0 aliphatic carbocycles. The van der Waals surface area contributed by atoms with E-state index < -0.39 is 11.9 Å². The van der Waals surface area contributed by atoms with Crippen LogP contribution in [0.2, 0.25) is 0 Å². The Labute approximate surface area is 74.7 Å². The first-order chi connectivity index (χ1) is 4.46. The van der Waals surface area contributed by atoms with Gasteiger partial charge >= 0.3 is 0 Å². The number of nitrogens with two attached hydrogens (primary N) is 2. The maximum absolute atomic E-state index is 10.5. The van der Waals surface area contributed by atoms with Crippen molar-refractivity contribution in [2.24, 2.45) is 17.4 Å². The fourth-order valence-corrected chi connectivity index (χ4v) is 0.926. The second-order valence-corrected chi connectivity index (χ2v) is 4.05. The van der Waals surface area contributed by atoms with E-state index in [1.165, 1.54) is 0 Å². The molecule has 0 saturated carbocycles. The fraction of sp³-hybridized carbons (Fsp3) is 0.833. The van der Waals surface area contributed by atoms with Crippen LogP contribution < -0.4 is 11.5 Å². The Morgan fingerprint density at radius 2 is 1.90 bits per heavy atom. The number of primary amides is 1. The van der Waals surface area contributed by atoms with Gasteiger partial charge < -0.3 is 11.5 Å². The number of halogens is 1. The third-order valence-electron chi connectivity index (χ3n) is 1.31. The largest absolute Gasteiger partial charge is 0.368 e. The Bertz CT molecular complexity index is 127. The summed E-state index contributed by atoms with van der Waals surface area (Å²) in [6, 6.07) is -0.513. The number of hydrogen-bond donors (Lipinski definition) is 2. The molecule has 0 aromatic heterocycles. The Hall–Kier alpha value is 0.160. The van der Waals surface area contributed by atoms with Gasteiger partial charge in [0.2, 0.25) is 5.91 Å². The van der Waals surface area contributed by atoms with Crippen molar-refractivity contribution in [3.05, 3.63) is 0 Å². The number of carbonyl (C=O) groups excluding carboxylic acids is 1. The van der Waals surface area contributed by atoms with Crippen LogP contribution in [0, 0.1) is 5.92 Å². The molecule has 0 fully saturated rings. The van der Waals surface area contributed by atoms with Crippen LogP contribution >= 0.6 is 22.6 Å². The molecule has 0 aliphatic heterocycles. The second kappa shape index (κ2) is 4.12. The molecule has 0 bridgehead atoms. The Morgan fingerprint density at radius 1 is 1.50 bits per heavy atom. The zero-order valence-corrected chi connectivity index (χ0v) is 8.33. The third-order valence-corrected chi connectivity index (χ3v) is 3.52. The monoisotopic (exact) mass is 256 g/mol. The molecule has 0 rings (SSSR count). The van der Waals surface area contributed by atoms with Gasteiger partial charge in [-0.15, -0.1) is 0 Å². The van der Waals surface area contributed by atoms with Crippen molar-refractivity contribution in [1.29, 1.82) is 0 Å². The molecule has 1 amide bonds. The number of carbonyl (C=O) groups is 1. The van der Waals surface area contributed by atoms with Crippen molar-refractivity contribution in [2.75, 3.05) is 0 Å². The smallest absolute Gasteiger partial charge is 0.235 e. The van der Waals surface area contributed by atoms with Crippen molar-refractivity contribution >= 4 is 28.5 Å². The summed E-state index contributed by atoms with van der Waals surface area (Å²) in [6.45, 7) is 4.03. The summed E-state index contributed by atoms with van der Waals surface area (Å²) in [4.78, 5) is 10.5. The van der Waals surface area contributed by atoms with E-state index in [0.29, 0.717) is 5.92 Å². The third kappa shape index (κ3) is 2.83. The van der Waals surface area contributed by atoms with Crippen molar-refractivity contribution in [3.63, 3.8) is 0 Å². The number of amides is 1. The SMILES string of the molecule is CC(C)C(I)[C@H](N)C(N)=O. The maximum atomic E-state index is 10.5. The maximum Gasteiger partial charge on any atom is 0.235 e. The summed E-state index contributed by atoms with van der Waals surface area (Å²) >= 11 is 2.15. The zero-order chi connectivity index (χ0) is 8.31. The van der Waals surface area contributed by atoms with Crippen LogP contribution in [0.25, 0.3) is 0 Å². The first kappa shape index (κ1) is 10.2. The number of rotatable bonds is 3. The minimum Gasteiger partial charge on any atom is -0.368 e. The van der Waals surface area contributed by atoms with E-state index in [4.69, 9.17) is 11.5 Å². The highest BCUT2D eigenvalue weighted by atomic mass is 127. The topological polar surface area (TPSA) is 69.1 Å². The molecular weight excluding hydrogens is 243 g/mol.